The third-order valence-electron chi connectivity index (χ3n) is 17.1. The Morgan fingerprint density at radius 2 is 1.11 bits per heavy atom. The number of fused-ring (bicyclic) bond motifs is 3. The van der Waals surface area contributed by atoms with E-state index in [1.54, 1.807) is 6.08 Å². The monoisotopic (exact) mass is 1090 g/mol. The molecule has 0 aromatic carbocycles. The standard InChI is InChI=1S/2C27H52O7Si2/c1-17-23-19(31-20(15-22(28)29-11)24(17)34-35(12,13)25(2,3)4)14-18-21(32-23)16-30-36(33-18,26(5,6)7)27(8,9)10;1-18(20(14-15-23(29)30-11)33-35(12,13)25(2,3)4)24-19(28)16-21-22(32-24)17-31-36(34-21,26(5,6)7)27(8,9)10/h17-21,23-24H,14-16H2,1-13H3;14-15,18-22,24,28H,16-17H2,1-13H3/b;15-14+/t17-,18+,19-,20-,21+,23-,24+;18-,19+,20+,21-,22-,24+/m01/s1. The van der Waals surface area contributed by atoms with Gasteiger partial charge in [-0.1, -0.05) is 138 Å². The molecule has 420 valence electrons. The van der Waals surface area contributed by atoms with Gasteiger partial charge in [0.25, 0.3) is 0 Å². The van der Waals surface area contributed by atoms with E-state index in [0.717, 1.165) is 6.42 Å². The average molecular weight is 1090 g/mol. The molecule has 5 rings (SSSR count). The molecule has 5 fully saturated rings. The minimum atomic E-state index is -2.65. The van der Waals surface area contributed by atoms with Crippen molar-refractivity contribution in [2.24, 2.45) is 11.8 Å². The second-order valence-corrected chi connectivity index (χ2v) is 47.8. The van der Waals surface area contributed by atoms with Crippen LogP contribution in [-0.4, -0.2) is 145 Å². The summed E-state index contributed by atoms with van der Waals surface area (Å²) in [6.07, 6.45) is 1.31. The number of ether oxygens (including phenoxy) is 5. The fourth-order valence-electron chi connectivity index (χ4n) is 11.3. The summed E-state index contributed by atoms with van der Waals surface area (Å²) in [5.74, 6) is -0.859. The lowest BCUT2D eigenvalue weighted by molar-refractivity contribution is -0.273. The summed E-state index contributed by atoms with van der Waals surface area (Å²) < 4.78 is 70.4. The van der Waals surface area contributed by atoms with Crippen LogP contribution in [-0.2, 0) is 59.8 Å². The highest BCUT2D eigenvalue weighted by Gasteiger charge is 2.65. The maximum atomic E-state index is 12.4. The summed E-state index contributed by atoms with van der Waals surface area (Å²) in [6, 6.07) is 0. The van der Waals surface area contributed by atoms with Gasteiger partial charge in [0.1, 0.15) is 12.2 Å². The van der Waals surface area contributed by atoms with Crippen molar-refractivity contribution in [3.8, 4) is 0 Å². The van der Waals surface area contributed by atoms with E-state index in [2.05, 4.69) is 158 Å². The Morgan fingerprint density at radius 3 is 1.54 bits per heavy atom. The number of hydrogen-bond donors (Lipinski definition) is 1. The minimum absolute atomic E-state index is 0.0138. The molecule has 18 heteroatoms. The Balaban J connectivity index is 0.000000312. The summed E-state index contributed by atoms with van der Waals surface area (Å²) in [4.78, 5) is 24.3. The maximum absolute atomic E-state index is 12.4. The van der Waals surface area contributed by atoms with E-state index >= 15 is 0 Å². The van der Waals surface area contributed by atoms with Gasteiger partial charge < -0.3 is 55.3 Å². The first kappa shape index (κ1) is 63.7. The van der Waals surface area contributed by atoms with E-state index in [1.165, 1.54) is 20.3 Å². The molecule has 72 heavy (non-hydrogen) atoms. The first-order chi connectivity index (χ1) is 32.4. The Morgan fingerprint density at radius 1 is 0.653 bits per heavy atom. The van der Waals surface area contributed by atoms with Crippen molar-refractivity contribution >= 4 is 45.7 Å². The minimum Gasteiger partial charge on any atom is -0.469 e. The van der Waals surface area contributed by atoms with Gasteiger partial charge in [-0.15, -0.1) is 0 Å². The molecule has 0 unspecified atom stereocenters. The van der Waals surface area contributed by atoms with Gasteiger partial charge in [0.05, 0.1) is 88.8 Å². The molecule has 0 aromatic rings. The third-order valence-corrected chi connectivity index (χ3v) is 36.4. The van der Waals surface area contributed by atoms with Crippen LogP contribution >= 0.6 is 0 Å². The summed E-state index contributed by atoms with van der Waals surface area (Å²) in [5, 5.41) is 10.9. The van der Waals surface area contributed by atoms with Gasteiger partial charge in [-0.05, 0) is 42.3 Å². The largest absolute Gasteiger partial charge is 0.469 e. The maximum Gasteiger partial charge on any atom is 0.349 e. The molecular weight excluding hydrogens is 985 g/mol. The molecule has 5 saturated heterocycles. The van der Waals surface area contributed by atoms with Gasteiger partial charge >= 0.3 is 29.1 Å². The molecule has 0 spiro atoms. The van der Waals surface area contributed by atoms with E-state index in [0.29, 0.717) is 19.6 Å². The molecule has 0 saturated carbocycles. The molecule has 0 radical (unpaired) electrons. The van der Waals surface area contributed by atoms with Crippen molar-refractivity contribution in [2.45, 2.75) is 281 Å². The SMILES string of the molecule is COC(=O)/C=C/[C@H](O[Si](C)(C)C(C)(C)C)[C@@H](C)[C@@H]1O[C@@H]2CO[Si](C(C)(C)C)(C(C)(C)C)O[C@@H]2C[C@@H]1O.COC(=O)C[C@@H]1O[C@H]2C[C@H]3O[Si](C(C)(C)C)(C(C)(C)C)OC[C@H]3O[C@H]2[C@H](C)[C@H]1O[Si](C)(C)C(C)(C)C. The molecule has 0 amide bonds. The van der Waals surface area contributed by atoms with Crippen LogP contribution in [0.5, 0.6) is 0 Å². The van der Waals surface area contributed by atoms with E-state index in [1.807, 2.05) is 6.92 Å². The Hall–Kier alpha value is -0.852. The van der Waals surface area contributed by atoms with Gasteiger partial charge in [0, 0.05) is 50.9 Å². The quantitative estimate of drug-likeness (QED) is 0.125. The third kappa shape index (κ3) is 13.5. The highest BCUT2D eigenvalue weighted by atomic mass is 28.4. The van der Waals surface area contributed by atoms with Crippen molar-refractivity contribution < 1.29 is 64.9 Å². The zero-order chi connectivity index (χ0) is 55.4. The first-order valence-corrected chi connectivity index (χ1v) is 36.3. The van der Waals surface area contributed by atoms with Gasteiger partial charge in [0.2, 0.25) is 0 Å². The second kappa shape index (κ2) is 22.5. The van der Waals surface area contributed by atoms with Crippen molar-refractivity contribution in [2.75, 3.05) is 27.4 Å². The molecule has 1 N–H and O–H groups in total. The normalized spacial score (nSPS) is 32.5. The highest BCUT2D eigenvalue weighted by Crippen LogP contribution is 2.57. The topological polar surface area (TPSA) is 156 Å². The number of carbonyl (C=O) groups is 2. The molecule has 0 aliphatic carbocycles. The predicted octanol–water partition coefficient (Wildman–Crippen LogP) is 11.7. The van der Waals surface area contributed by atoms with Crippen LogP contribution in [0.15, 0.2) is 12.2 Å². The summed E-state index contributed by atoms with van der Waals surface area (Å²) in [6.45, 7) is 53.7. The van der Waals surface area contributed by atoms with Crippen LogP contribution in [0.1, 0.15) is 158 Å². The molecular formula is C54H104O14Si4. The lowest BCUT2D eigenvalue weighted by Crippen LogP contribution is -2.69. The number of rotatable bonds is 10. The van der Waals surface area contributed by atoms with Crippen LogP contribution in [0.25, 0.3) is 0 Å². The zero-order valence-corrected chi connectivity index (χ0v) is 54.0. The number of aliphatic hydroxyl groups excluding tert-OH is 1. The molecule has 0 aromatic heterocycles. The average Bonchev–Trinajstić information content (AvgIpc) is 3.22. The second-order valence-electron chi connectivity index (χ2n) is 28.8. The molecule has 5 aliphatic heterocycles. The summed E-state index contributed by atoms with van der Waals surface area (Å²) in [7, 11) is -6.78. The number of hydrogen-bond acceptors (Lipinski definition) is 14. The van der Waals surface area contributed by atoms with Gasteiger partial charge in [0.15, 0.2) is 16.6 Å². The fourth-order valence-corrected chi connectivity index (χ4v) is 24.0. The lowest BCUT2D eigenvalue weighted by atomic mass is 9.82. The number of methoxy groups -OCH3 is 2. The van der Waals surface area contributed by atoms with Gasteiger partial charge in [-0.2, -0.15) is 0 Å². The first-order valence-electron chi connectivity index (χ1n) is 26.9. The van der Waals surface area contributed by atoms with Crippen LogP contribution in [0.3, 0.4) is 0 Å². The number of esters is 2. The Kier molecular flexibility index (Phi) is 19.9. The molecule has 0 bridgehead atoms. The van der Waals surface area contributed by atoms with E-state index < -0.39 is 58.0 Å². The van der Waals surface area contributed by atoms with Gasteiger partial charge in [-0.25, -0.2) is 4.79 Å². The van der Waals surface area contributed by atoms with E-state index in [-0.39, 0.29) is 103 Å². The van der Waals surface area contributed by atoms with Crippen LogP contribution in [0, 0.1) is 11.8 Å². The number of carbonyl (C=O) groups excluding carboxylic acids is 2. The van der Waals surface area contributed by atoms with Crippen molar-refractivity contribution in [3.05, 3.63) is 12.2 Å². The molecule has 14 nitrogen and oxygen atoms in total. The fraction of sp³-hybridized carbons (Fsp3) is 0.926. The Labute approximate surface area is 441 Å². The van der Waals surface area contributed by atoms with Crippen molar-refractivity contribution in [1.82, 2.24) is 0 Å². The highest BCUT2D eigenvalue weighted by molar-refractivity contribution is 6.75. The molecule has 13 atom stereocenters. The van der Waals surface area contributed by atoms with Crippen molar-refractivity contribution in [1.29, 1.82) is 0 Å². The smallest absolute Gasteiger partial charge is 0.349 e. The number of aliphatic hydroxyl groups is 1. The van der Waals surface area contributed by atoms with E-state index in [4.69, 9.17) is 50.2 Å². The summed E-state index contributed by atoms with van der Waals surface area (Å²) in [5.41, 5.74) is 0. The van der Waals surface area contributed by atoms with Crippen LogP contribution in [0.2, 0.25) is 56.4 Å². The molecule has 5 heterocycles. The van der Waals surface area contributed by atoms with Crippen LogP contribution in [0.4, 0.5) is 0 Å². The Bertz CT molecular complexity index is 1820. The molecule has 5 aliphatic rings. The summed E-state index contributed by atoms with van der Waals surface area (Å²) >= 11 is 0. The van der Waals surface area contributed by atoms with Crippen molar-refractivity contribution in [3.63, 3.8) is 0 Å². The lowest BCUT2D eigenvalue weighted by Gasteiger charge is -2.58. The van der Waals surface area contributed by atoms with Crippen LogP contribution < -0.4 is 0 Å². The van der Waals surface area contributed by atoms with E-state index in [9.17, 15) is 14.7 Å². The predicted molar refractivity (Wildman–Crippen MR) is 293 cm³/mol. The zero-order valence-electron chi connectivity index (χ0n) is 50.0. The van der Waals surface area contributed by atoms with Gasteiger partial charge in [-0.3, -0.25) is 4.79 Å².